The molecule has 2 aromatic heterocycles. The lowest BCUT2D eigenvalue weighted by Crippen LogP contribution is -2.15. The Morgan fingerprint density at radius 2 is 1.84 bits per heavy atom. The molecule has 0 bridgehead atoms. The maximum Gasteiger partial charge on any atom is 0.230 e. The number of nitrogens with one attached hydrogen (secondary N) is 1. The van der Waals surface area contributed by atoms with Gasteiger partial charge in [0.1, 0.15) is 0 Å². The van der Waals surface area contributed by atoms with Gasteiger partial charge in [-0.2, -0.15) is 15.0 Å². The van der Waals surface area contributed by atoms with E-state index in [4.69, 9.17) is 0 Å². The topological polar surface area (TPSA) is 79.7 Å². The number of anilines is 2. The lowest BCUT2D eigenvalue weighted by Gasteiger charge is -2.11. The minimum Gasteiger partial charge on any atom is -0.357 e. The van der Waals surface area contributed by atoms with Crippen molar-refractivity contribution in [3.05, 3.63) is 0 Å². The molecule has 0 aliphatic carbocycles. The van der Waals surface area contributed by atoms with Crippen molar-refractivity contribution in [2.45, 2.75) is 13.8 Å². The monoisotopic (exact) mass is 315 g/mol. The van der Waals surface area contributed by atoms with Gasteiger partial charge in [-0.3, -0.25) is 0 Å². The van der Waals surface area contributed by atoms with Crippen molar-refractivity contribution in [1.82, 2.24) is 25.1 Å². The van der Waals surface area contributed by atoms with E-state index in [0.29, 0.717) is 17.1 Å². The first-order chi connectivity index (χ1) is 9.12. The molecule has 0 amide bonds. The summed E-state index contributed by atoms with van der Waals surface area (Å²) in [7, 11) is 5.56. The number of thioether (sulfide) groups is 1. The molecule has 0 aliphatic heterocycles. The molecule has 7 nitrogen and oxygen atoms in total. The SMILES string of the molecule is CNc1nc(Sc2nnc(SC)s2)nc(N(C)C)n1. The quantitative estimate of drug-likeness (QED) is 0.829. The standard InChI is InChI=1S/C9H13N7S3/c1-10-5-11-6(16(2)3)13-7(12-5)18-9-15-14-8(17-4)19-9/h1-4H3,(H,10,11,12,13). The van der Waals surface area contributed by atoms with Crippen LogP contribution in [0.2, 0.25) is 0 Å². The lowest BCUT2D eigenvalue weighted by atomic mass is 10.8. The van der Waals surface area contributed by atoms with Crippen LogP contribution in [0.15, 0.2) is 13.8 Å². The molecule has 0 aromatic carbocycles. The fourth-order valence-electron chi connectivity index (χ4n) is 1.10. The van der Waals surface area contributed by atoms with Gasteiger partial charge >= 0.3 is 0 Å². The molecule has 0 unspecified atom stereocenters. The predicted octanol–water partition coefficient (Wildman–Crippen LogP) is 1.70. The van der Waals surface area contributed by atoms with Gasteiger partial charge in [-0.25, -0.2) is 0 Å². The number of nitrogens with zero attached hydrogens (tertiary/aromatic N) is 6. The van der Waals surface area contributed by atoms with Gasteiger partial charge in [0.25, 0.3) is 0 Å². The molecule has 1 N–H and O–H groups in total. The van der Waals surface area contributed by atoms with E-state index in [9.17, 15) is 0 Å². The van der Waals surface area contributed by atoms with Gasteiger partial charge in [-0.15, -0.1) is 10.2 Å². The third-order valence-corrected chi connectivity index (χ3v) is 4.78. The molecule has 0 spiro atoms. The maximum atomic E-state index is 4.37. The third-order valence-electron chi connectivity index (χ3n) is 1.97. The van der Waals surface area contributed by atoms with E-state index in [-0.39, 0.29) is 0 Å². The fraction of sp³-hybridized carbons (Fsp3) is 0.444. The number of hydrogen-bond donors (Lipinski definition) is 1. The molecular formula is C9H13N7S3. The van der Waals surface area contributed by atoms with Gasteiger partial charge in [0.2, 0.25) is 17.1 Å². The zero-order chi connectivity index (χ0) is 13.8. The van der Waals surface area contributed by atoms with Crippen LogP contribution in [0.25, 0.3) is 0 Å². The van der Waals surface area contributed by atoms with Crippen LogP contribution in [-0.4, -0.2) is 52.5 Å². The minimum absolute atomic E-state index is 0.538. The first-order valence-electron chi connectivity index (χ1n) is 5.29. The molecule has 0 aliphatic rings. The molecule has 0 saturated carbocycles. The molecule has 0 radical (unpaired) electrons. The zero-order valence-electron chi connectivity index (χ0n) is 10.9. The lowest BCUT2D eigenvalue weighted by molar-refractivity contribution is 0.867. The Kier molecular flexibility index (Phi) is 4.77. The Morgan fingerprint density at radius 1 is 1.11 bits per heavy atom. The predicted molar refractivity (Wildman–Crippen MR) is 79.5 cm³/mol. The fourth-order valence-corrected chi connectivity index (χ4v) is 3.39. The van der Waals surface area contributed by atoms with Gasteiger partial charge in [0, 0.05) is 21.1 Å². The Labute approximate surface area is 123 Å². The Morgan fingerprint density at radius 3 is 2.42 bits per heavy atom. The van der Waals surface area contributed by atoms with E-state index in [0.717, 1.165) is 8.68 Å². The van der Waals surface area contributed by atoms with E-state index < -0.39 is 0 Å². The first-order valence-corrected chi connectivity index (χ1v) is 8.14. The number of rotatable bonds is 5. The minimum atomic E-state index is 0.538. The van der Waals surface area contributed by atoms with Crippen molar-refractivity contribution in [1.29, 1.82) is 0 Å². The summed E-state index contributed by atoms with van der Waals surface area (Å²) in [5.41, 5.74) is 0. The Hall–Kier alpha value is -1.13. The molecule has 2 heterocycles. The number of aromatic nitrogens is 5. The van der Waals surface area contributed by atoms with Gasteiger partial charge in [-0.1, -0.05) is 23.1 Å². The summed E-state index contributed by atoms with van der Waals surface area (Å²) in [5, 5.41) is 11.7. The highest BCUT2D eigenvalue weighted by atomic mass is 32.2. The summed E-state index contributed by atoms with van der Waals surface area (Å²) in [6.45, 7) is 0. The molecule has 2 rings (SSSR count). The Balaban J connectivity index is 2.25. The molecular weight excluding hydrogens is 302 g/mol. The Bertz CT molecular complexity index is 556. The molecule has 0 saturated heterocycles. The average molecular weight is 315 g/mol. The summed E-state index contributed by atoms with van der Waals surface area (Å²) in [6.07, 6.45) is 1.97. The van der Waals surface area contributed by atoms with Crippen molar-refractivity contribution in [3.8, 4) is 0 Å². The first kappa shape index (κ1) is 14.3. The maximum absolute atomic E-state index is 4.37. The molecule has 10 heteroatoms. The van der Waals surface area contributed by atoms with Crippen molar-refractivity contribution in [2.24, 2.45) is 0 Å². The molecule has 0 atom stereocenters. The second kappa shape index (κ2) is 6.35. The van der Waals surface area contributed by atoms with Gasteiger partial charge in [-0.05, 0) is 18.0 Å². The van der Waals surface area contributed by atoms with Crippen LogP contribution in [-0.2, 0) is 0 Å². The molecule has 102 valence electrons. The van der Waals surface area contributed by atoms with Gasteiger partial charge in [0.15, 0.2) is 8.68 Å². The van der Waals surface area contributed by atoms with Crippen molar-refractivity contribution in [2.75, 3.05) is 37.6 Å². The molecule has 0 fully saturated rings. The zero-order valence-corrected chi connectivity index (χ0v) is 13.4. The summed E-state index contributed by atoms with van der Waals surface area (Å²) >= 11 is 4.49. The van der Waals surface area contributed by atoms with Crippen LogP contribution in [0, 0.1) is 0 Å². The van der Waals surface area contributed by atoms with E-state index in [1.165, 1.54) is 23.1 Å². The van der Waals surface area contributed by atoms with Crippen LogP contribution in [0.4, 0.5) is 11.9 Å². The third kappa shape index (κ3) is 3.67. The second-order valence-electron chi connectivity index (χ2n) is 3.53. The summed E-state index contributed by atoms with van der Waals surface area (Å²) in [6, 6.07) is 0. The highest BCUT2D eigenvalue weighted by Crippen LogP contribution is 2.31. The van der Waals surface area contributed by atoms with E-state index >= 15 is 0 Å². The largest absolute Gasteiger partial charge is 0.357 e. The van der Waals surface area contributed by atoms with Crippen molar-refractivity contribution >= 4 is 46.8 Å². The van der Waals surface area contributed by atoms with Crippen LogP contribution < -0.4 is 10.2 Å². The molecule has 2 aromatic rings. The summed E-state index contributed by atoms with van der Waals surface area (Å²) in [4.78, 5) is 14.8. The van der Waals surface area contributed by atoms with Crippen LogP contribution >= 0.6 is 34.9 Å². The second-order valence-corrected chi connectivity index (χ2v) is 6.77. The van der Waals surface area contributed by atoms with Crippen molar-refractivity contribution < 1.29 is 0 Å². The van der Waals surface area contributed by atoms with Gasteiger partial charge < -0.3 is 10.2 Å². The van der Waals surface area contributed by atoms with Crippen LogP contribution in [0.5, 0.6) is 0 Å². The smallest absolute Gasteiger partial charge is 0.230 e. The van der Waals surface area contributed by atoms with Crippen LogP contribution in [0.3, 0.4) is 0 Å². The summed E-state index contributed by atoms with van der Waals surface area (Å²) < 4.78 is 1.75. The van der Waals surface area contributed by atoms with Gasteiger partial charge in [0.05, 0.1) is 0 Å². The molecule has 19 heavy (non-hydrogen) atoms. The normalized spacial score (nSPS) is 10.5. The average Bonchev–Trinajstić information content (AvgIpc) is 2.85. The van der Waals surface area contributed by atoms with Crippen LogP contribution in [0.1, 0.15) is 0 Å². The number of hydrogen-bond acceptors (Lipinski definition) is 10. The van der Waals surface area contributed by atoms with E-state index in [1.807, 2.05) is 25.3 Å². The van der Waals surface area contributed by atoms with E-state index in [2.05, 4.69) is 30.5 Å². The summed E-state index contributed by atoms with van der Waals surface area (Å²) in [5.74, 6) is 1.15. The van der Waals surface area contributed by atoms with E-state index in [1.54, 1.807) is 18.8 Å². The highest BCUT2D eigenvalue weighted by molar-refractivity contribution is 8.02. The van der Waals surface area contributed by atoms with Crippen molar-refractivity contribution in [3.63, 3.8) is 0 Å². The highest BCUT2D eigenvalue weighted by Gasteiger charge is 2.11.